The summed E-state index contributed by atoms with van der Waals surface area (Å²) >= 11 is 0. The highest BCUT2D eigenvalue weighted by Gasteiger charge is 2.33. The van der Waals surface area contributed by atoms with E-state index >= 15 is 0 Å². The Bertz CT molecular complexity index is 896. The third-order valence-corrected chi connectivity index (χ3v) is 4.52. The standard InChI is InChI=1S/C20H25N5O4/c1-13(10-18(27)28)25-12-17(26)24(2)16-8-7-14(11-15(16)19(25)29)6-4-3-5-9-23-20(21)22/h7-8,11,13H,3,5,9-10,12H2,1-2H3,(H,27,28)(H4,21,22,23). The number of anilines is 1. The summed E-state index contributed by atoms with van der Waals surface area (Å²) < 4.78 is 0. The number of aliphatic imine (C=N–C) groups is 1. The number of carbonyl (C=O) groups excluding carboxylic acids is 2. The van der Waals surface area contributed by atoms with Crippen LogP contribution in [0.4, 0.5) is 5.69 Å². The summed E-state index contributed by atoms with van der Waals surface area (Å²) in [6.07, 6.45) is 1.04. The molecule has 0 bridgehead atoms. The maximum atomic E-state index is 13.0. The van der Waals surface area contributed by atoms with E-state index in [1.54, 1.807) is 32.2 Å². The number of hydrogen-bond acceptors (Lipinski definition) is 4. The summed E-state index contributed by atoms with van der Waals surface area (Å²) in [7, 11) is 1.59. The van der Waals surface area contributed by atoms with Gasteiger partial charge < -0.3 is 26.4 Å². The monoisotopic (exact) mass is 399 g/mol. The van der Waals surface area contributed by atoms with Crippen molar-refractivity contribution in [1.29, 1.82) is 0 Å². The van der Waals surface area contributed by atoms with Gasteiger partial charge in [-0.15, -0.1) is 0 Å². The second-order valence-corrected chi connectivity index (χ2v) is 6.78. The van der Waals surface area contributed by atoms with Crippen molar-refractivity contribution in [2.24, 2.45) is 16.5 Å². The minimum absolute atomic E-state index is 0.0440. The summed E-state index contributed by atoms with van der Waals surface area (Å²) in [6.45, 7) is 1.93. The molecule has 1 unspecified atom stereocenters. The van der Waals surface area contributed by atoms with E-state index in [1.165, 1.54) is 9.80 Å². The molecule has 1 aromatic carbocycles. The highest BCUT2D eigenvalue weighted by molar-refractivity contribution is 6.09. The Balaban J connectivity index is 2.26. The zero-order chi connectivity index (χ0) is 21.6. The van der Waals surface area contributed by atoms with Crippen molar-refractivity contribution >= 4 is 29.4 Å². The number of fused-ring (bicyclic) bond motifs is 1. The fourth-order valence-corrected chi connectivity index (χ4v) is 2.95. The molecule has 0 saturated carbocycles. The van der Waals surface area contributed by atoms with Gasteiger partial charge in [0.05, 0.1) is 17.7 Å². The van der Waals surface area contributed by atoms with Crippen molar-refractivity contribution in [1.82, 2.24) is 4.90 Å². The molecule has 0 spiro atoms. The van der Waals surface area contributed by atoms with Gasteiger partial charge in [0.25, 0.3) is 5.91 Å². The number of benzene rings is 1. The Morgan fingerprint density at radius 2 is 2.07 bits per heavy atom. The molecule has 1 aromatic rings. The zero-order valence-electron chi connectivity index (χ0n) is 16.5. The second-order valence-electron chi connectivity index (χ2n) is 6.78. The second kappa shape index (κ2) is 9.59. The van der Waals surface area contributed by atoms with Crippen LogP contribution in [0.3, 0.4) is 0 Å². The van der Waals surface area contributed by atoms with E-state index in [1.807, 2.05) is 0 Å². The number of nitrogens with two attached hydrogens (primary N) is 2. The van der Waals surface area contributed by atoms with Crippen molar-refractivity contribution in [3.8, 4) is 11.8 Å². The lowest BCUT2D eigenvalue weighted by atomic mass is 10.1. The minimum Gasteiger partial charge on any atom is -0.481 e. The summed E-state index contributed by atoms with van der Waals surface area (Å²) in [6, 6.07) is 4.44. The van der Waals surface area contributed by atoms with Crippen molar-refractivity contribution in [3.63, 3.8) is 0 Å². The van der Waals surface area contributed by atoms with Gasteiger partial charge in [-0.3, -0.25) is 19.4 Å². The number of carbonyl (C=O) groups is 3. The van der Waals surface area contributed by atoms with Crippen LogP contribution >= 0.6 is 0 Å². The van der Waals surface area contributed by atoms with Gasteiger partial charge in [-0.05, 0) is 31.5 Å². The normalized spacial score (nSPS) is 14.4. The minimum atomic E-state index is -1.03. The third-order valence-electron chi connectivity index (χ3n) is 4.52. The van der Waals surface area contributed by atoms with Crippen molar-refractivity contribution in [3.05, 3.63) is 29.3 Å². The van der Waals surface area contributed by atoms with Gasteiger partial charge in [0.2, 0.25) is 5.91 Å². The molecule has 0 aliphatic carbocycles. The molecule has 0 fully saturated rings. The van der Waals surface area contributed by atoms with E-state index in [0.29, 0.717) is 36.2 Å². The lowest BCUT2D eigenvalue weighted by molar-refractivity contribution is -0.138. The van der Waals surface area contributed by atoms with E-state index in [0.717, 1.165) is 0 Å². The smallest absolute Gasteiger partial charge is 0.305 e. The van der Waals surface area contributed by atoms with Crippen LogP contribution in [0.25, 0.3) is 0 Å². The zero-order valence-corrected chi connectivity index (χ0v) is 16.5. The Kier molecular flexibility index (Phi) is 7.20. The quantitative estimate of drug-likeness (QED) is 0.273. The molecule has 0 saturated heterocycles. The largest absolute Gasteiger partial charge is 0.481 e. The molecule has 29 heavy (non-hydrogen) atoms. The third kappa shape index (κ3) is 5.72. The molecule has 154 valence electrons. The first kappa shape index (κ1) is 21.8. The van der Waals surface area contributed by atoms with Gasteiger partial charge in [-0.2, -0.15) is 0 Å². The predicted molar refractivity (Wildman–Crippen MR) is 109 cm³/mol. The van der Waals surface area contributed by atoms with Gasteiger partial charge in [0.1, 0.15) is 6.54 Å². The molecule has 2 rings (SSSR count). The molecule has 1 heterocycles. The van der Waals surface area contributed by atoms with Gasteiger partial charge in [0.15, 0.2) is 5.96 Å². The molecule has 0 aromatic heterocycles. The molecular formula is C20H25N5O4. The van der Waals surface area contributed by atoms with Gasteiger partial charge in [-0.1, -0.05) is 11.8 Å². The summed E-state index contributed by atoms with van der Waals surface area (Å²) in [4.78, 5) is 43.1. The maximum Gasteiger partial charge on any atom is 0.305 e. The number of nitrogens with zero attached hydrogens (tertiary/aromatic N) is 3. The Hall–Kier alpha value is -3.54. The lowest BCUT2D eigenvalue weighted by Crippen LogP contribution is -2.43. The van der Waals surface area contributed by atoms with Crippen LogP contribution in [0, 0.1) is 11.8 Å². The molecule has 1 aliphatic heterocycles. The molecule has 1 atom stereocenters. The molecule has 9 heteroatoms. The van der Waals surface area contributed by atoms with Gasteiger partial charge in [-0.25, -0.2) is 0 Å². The van der Waals surface area contributed by atoms with Crippen molar-refractivity contribution < 1.29 is 19.5 Å². The van der Waals surface area contributed by atoms with Crippen LogP contribution < -0.4 is 16.4 Å². The number of rotatable bonds is 6. The Morgan fingerprint density at radius 1 is 1.34 bits per heavy atom. The number of guanidine groups is 1. The fraction of sp³-hybridized carbons (Fsp3) is 0.400. The van der Waals surface area contributed by atoms with Crippen molar-refractivity contribution in [2.75, 3.05) is 25.0 Å². The Labute approximate surface area is 169 Å². The molecule has 9 nitrogen and oxygen atoms in total. The lowest BCUT2D eigenvalue weighted by Gasteiger charge is -2.26. The van der Waals surface area contributed by atoms with Gasteiger partial charge >= 0.3 is 5.97 Å². The van der Waals surface area contributed by atoms with Gasteiger partial charge in [0, 0.05) is 31.6 Å². The summed E-state index contributed by atoms with van der Waals surface area (Å²) in [5.74, 6) is 4.35. The highest BCUT2D eigenvalue weighted by Crippen LogP contribution is 2.27. The maximum absolute atomic E-state index is 13.0. The molecule has 1 aliphatic rings. The molecule has 0 radical (unpaired) electrons. The number of aliphatic carboxylic acids is 1. The van der Waals surface area contributed by atoms with E-state index in [2.05, 4.69) is 16.8 Å². The van der Waals surface area contributed by atoms with Crippen LogP contribution in [0.15, 0.2) is 23.2 Å². The molecular weight excluding hydrogens is 374 g/mol. The van der Waals surface area contributed by atoms with Crippen LogP contribution in [-0.2, 0) is 9.59 Å². The fourth-order valence-electron chi connectivity index (χ4n) is 2.95. The number of carboxylic acids is 1. The molecule has 2 amide bonds. The van der Waals surface area contributed by atoms with Crippen LogP contribution in [0.5, 0.6) is 0 Å². The summed E-state index contributed by atoms with van der Waals surface area (Å²) in [5, 5.41) is 9.04. The predicted octanol–water partition coefficient (Wildman–Crippen LogP) is 0.374. The Morgan fingerprint density at radius 3 is 2.72 bits per heavy atom. The topological polar surface area (TPSA) is 142 Å². The van der Waals surface area contributed by atoms with Crippen LogP contribution in [-0.4, -0.2) is 59.9 Å². The number of carboxylic acid groups (broad SMARTS) is 1. The first-order valence-corrected chi connectivity index (χ1v) is 9.18. The van der Waals surface area contributed by atoms with E-state index in [4.69, 9.17) is 16.6 Å². The average Bonchev–Trinajstić information content (AvgIpc) is 2.74. The average molecular weight is 399 g/mol. The van der Waals surface area contributed by atoms with E-state index in [9.17, 15) is 14.4 Å². The number of likely N-dealkylation sites (N-methyl/N-ethyl adjacent to an activating group) is 1. The highest BCUT2D eigenvalue weighted by atomic mass is 16.4. The summed E-state index contributed by atoms with van der Waals surface area (Å²) in [5.41, 5.74) is 12.0. The van der Waals surface area contributed by atoms with E-state index < -0.39 is 12.0 Å². The van der Waals surface area contributed by atoms with E-state index in [-0.39, 0.29) is 30.7 Å². The molecule has 5 N–H and O–H groups in total. The van der Waals surface area contributed by atoms with Crippen LogP contribution in [0.1, 0.15) is 42.1 Å². The first-order valence-electron chi connectivity index (χ1n) is 9.18. The first-order chi connectivity index (χ1) is 13.7. The number of hydrogen-bond donors (Lipinski definition) is 3. The SMILES string of the molecule is CC(CC(=O)O)N1CC(=O)N(C)c2ccc(C#CCCCN=C(N)N)cc2C1=O. The van der Waals surface area contributed by atoms with Crippen molar-refractivity contribution in [2.45, 2.75) is 32.2 Å². The number of amides is 2. The number of unbranched alkanes of at least 4 members (excludes halogenated alkanes) is 1. The van der Waals surface area contributed by atoms with Crippen LogP contribution in [0.2, 0.25) is 0 Å².